The van der Waals surface area contributed by atoms with E-state index in [1.165, 1.54) is 38.4 Å². The molecule has 1 heterocycles. The van der Waals surface area contributed by atoms with E-state index in [1.54, 1.807) is 18.6 Å². The third-order valence-corrected chi connectivity index (χ3v) is 6.82. The van der Waals surface area contributed by atoms with E-state index < -0.39 is 0 Å². The normalized spacial score (nSPS) is 29.5. The molecule has 2 aromatic rings. The van der Waals surface area contributed by atoms with Crippen LogP contribution >= 0.6 is 0 Å². The summed E-state index contributed by atoms with van der Waals surface area (Å²) >= 11 is 0. The maximum absolute atomic E-state index is 12.2. The van der Waals surface area contributed by atoms with E-state index in [0.29, 0.717) is 12.2 Å². The molecule has 2 atom stereocenters. The number of nitrogens with zero attached hydrogens (tertiary/aromatic N) is 3. The van der Waals surface area contributed by atoms with Crippen molar-refractivity contribution in [2.24, 2.45) is 22.7 Å². The fraction of sp³-hybridized carbons (Fsp3) is 0.478. The predicted octanol–water partition coefficient (Wildman–Crippen LogP) is 4.39. The number of carbonyl (C=O) groups excluding carboxylic acids is 1. The minimum absolute atomic E-state index is 0.194. The Kier molecular flexibility index (Phi) is 4.57. The Hall–Kier alpha value is -2.76. The van der Waals surface area contributed by atoms with Crippen molar-refractivity contribution >= 4 is 23.6 Å². The number of carbonyl (C=O) groups is 1. The number of anilines is 1. The second-order valence-electron chi connectivity index (χ2n) is 8.71. The van der Waals surface area contributed by atoms with Gasteiger partial charge in [0, 0.05) is 29.7 Å². The summed E-state index contributed by atoms with van der Waals surface area (Å²) in [7, 11) is 0. The van der Waals surface area contributed by atoms with Crippen LogP contribution in [0.5, 0.6) is 0 Å². The highest BCUT2D eigenvalue weighted by Crippen LogP contribution is 2.61. The van der Waals surface area contributed by atoms with Gasteiger partial charge in [-0.05, 0) is 75.0 Å². The molecule has 0 aliphatic heterocycles. The smallest absolute Gasteiger partial charge is 0.338 e. The summed E-state index contributed by atoms with van der Waals surface area (Å²) in [5.41, 5.74) is 3.26. The topological polar surface area (TPSA) is 76.5 Å². The molecule has 0 saturated heterocycles. The minimum Gasteiger partial charge on any atom is -0.462 e. The van der Waals surface area contributed by atoms with E-state index in [2.05, 4.69) is 20.3 Å². The number of aliphatic imine (C=N–C) groups is 1. The van der Waals surface area contributed by atoms with Gasteiger partial charge < -0.3 is 10.1 Å². The summed E-state index contributed by atoms with van der Waals surface area (Å²) < 4.78 is 5.18. The van der Waals surface area contributed by atoms with E-state index >= 15 is 0 Å². The number of aromatic nitrogens is 2. The molecule has 4 fully saturated rings. The summed E-state index contributed by atoms with van der Waals surface area (Å²) in [5, 5.41) is 3.88. The highest BCUT2D eigenvalue weighted by molar-refractivity contribution is 5.93. The SMILES string of the molecule is CCOC(=O)c1ccc(NC23CC4CC(CC2C4)C3)c(N=Cc2cncnc2)c1. The molecule has 4 bridgehead atoms. The van der Waals surface area contributed by atoms with Gasteiger partial charge in [-0.15, -0.1) is 0 Å². The van der Waals surface area contributed by atoms with E-state index in [1.807, 2.05) is 25.1 Å². The van der Waals surface area contributed by atoms with E-state index in [9.17, 15) is 4.79 Å². The summed E-state index contributed by atoms with van der Waals surface area (Å²) in [6.45, 7) is 2.17. The summed E-state index contributed by atoms with van der Waals surface area (Å²) in [6.07, 6.45) is 13.3. The van der Waals surface area contributed by atoms with Gasteiger partial charge in [-0.3, -0.25) is 4.99 Å². The standard InChI is InChI=1S/C23H26N4O2/c1-2-29-22(28)18-3-4-20(21(8-18)26-13-17-11-24-14-25-12-17)27-23-9-15-5-16(10-23)7-19(23)6-15/h3-4,8,11-16,19,27H,2,5-7,9-10H2,1H3. The van der Waals surface area contributed by atoms with Gasteiger partial charge in [0.15, 0.2) is 0 Å². The quantitative estimate of drug-likeness (QED) is 0.585. The van der Waals surface area contributed by atoms with Crippen LogP contribution in [-0.2, 0) is 4.74 Å². The second-order valence-corrected chi connectivity index (χ2v) is 8.71. The zero-order valence-electron chi connectivity index (χ0n) is 16.7. The largest absolute Gasteiger partial charge is 0.462 e. The molecular formula is C23H26N4O2. The van der Waals surface area contributed by atoms with Gasteiger partial charge in [0.05, 0.1) is 23.5 Å². The third-order valence-electron chi connectivity index (χ3n) is 6.82. The van der Waals surface area contributed by atoms with Crippen molar-refractivity contribution in [3.63, 3.8) is 0 Å². The van der Waals surface area contributed by atoms with Crippen LogP contribution in [0.1, 0.15) is 54.9 Å². The van der Waals surface area contributed by atoms with Crippen LogP contribution in [0.15, 0.2) is 41.9 Å². The van der Waals surface area contributed by atoms with Crippen molar-refractivity contribution < 1.29 is 9.53 Å². The lowest BCUT2D eigenvalue weighted by atomic mass is 9.80. The van der Waals surface area contributed by atoms with Crippen LogP contribution in [0.25, 0.3) is 0 Å². The number of hydrogen-bond acceptors (Lipinski definition) is 6. The first-order valence-corrected chi connectivity index (χ1v) is 10.5. The number of esters is 1. The Labute approximate surface area is 170 Å². The van der Waals surface area contributed by atoms with Gasteiger partial charge in [0.1, 0.15) is 6.33 Å². The molecule has 6 heteroatoms. The monoisotopic (exact) mass is 390 g/mol. The molecule has 150 valence electrons. The number of benzene rings is 1. The number of rotatable bonds is 6. The third kappa shape index (κ3) is 3.41. The second kappa shape index (κ2) is 7.25. The first-order chi connectivity index (χ1) is 14.1. The molecule has 1 aromatic carbocycles. The van der Waals surface area contributed by atoms with Crippen molar-refractivity contribution in [3.05, 3.63) is 48.0 Å². The Bertz CT molecular complexity index is 929. The Morgan fingerprint density at radius 2 is 2.00 bits per heavy atom. The predicted molar refractivity (Wildman–Crippen MR) is 112 cm³/mol. The van der Waals surface area contributed by atoms with Crippen molar-refractivity contribution in [2.75, 3.05) is 11.9 Å². The van der Waals surface area contributed by atoms with Crippen LogP contribution < -0.4 is 5.32 Å². The maximum atomic E-state index is 12.2. The van der Waals surface area contributed by atoms with Crippen LogP contribution in [0, 0.1) is 17.8 Å². The minimum atomic E-state index is -0.322. The maximum Gasteiger partial charge on any atom is 0.338 e. The van der Waals surface area contributed by atoms with Gasteiger partial charge in [0.25, 0.3) is 0 Å². The lowest BCUT2D eigenvalue weighted by molar-refractivity contribution is 0.0526. The van der Waals surface area contributed by atoms with Crippen LogP contribution in [-0.4, -0.2) is 34.3 Å². The highest BCUT2D eigenvalue weighted by atomic mass is 16.5. The number of ether oxygens (including phenoxy) is 1. The fourth-order valence-corrected chi connectivity index (χ4v) is 5.88. The average molecular weight is 390 g/mol. The van der Waals surface area contributed by atoms with Gasteiger partial charge >= 0.3 is 5.97 Å². The highest BCUT2D eigenvalue weighted by Gasteiger charge is 2.57. The molecule has 6 rings (SSSR count). The Balaban J connectivity index is 1.47. The zero-order chi connectivity index (χ0) is 19.8. The van der Waals surface area contributed by atoms with Gasteiger partial charge in [-0.25, -0.2) is 14.8 Å². The zero-order valence-corrected chi connectivity index (χ0v) is 16.7. The molecule has 1 N–H and O–H groups in total. The molecule has 1 aromatic heterocycles. The van der Waals surface area contributed by atoms with Gasteiger partial charge in [-0.2, -0.15) is 0 Å². The summed E-state index contributed by atoms with van der Waals surface area (Å²) in [6, 6.07) is 5.63. The Morgan fingerprint density at radius 3 is 2.72 bits per heavy atom. The lowest BCUT2D eigenvalue weighted by Gasteiger charge is -2.35. The molecule has 0 amide bonds. The van der Waals surface area contributed by atoms with Crippen LogP contribution in [0.2, 0.25) is 0 Å². The fourth-order valence-electron chi connectivity index (χ4n) is 5.88. The number of hydrogen-bond donors (Lipinski definition) is 1. The van der Waals surface area contributed by atoms with Crippen molar-refractivity contribution in [3.8, 4) is 0 Å². The van der Waals surface area contributed by atoms with Gasteiger partial charge in [0.2, 0.25) is 0 Å². The molecule has 4 aliphatic carbocycles. The average Bonchev–Trinajstić information content (AvgIpc) is 3.11. The van der Waals surface area contributed by atoms with E-state index in [-0.39, 0.29) is 11.5 Å². The first-order valence-electron chi connectivity index (χ1n) is 10.5. The molecular weight excluding hydrogens is 364 g/mol. The van der Waals surface area contributed by atoms with Crippen molar-refractivity contribution in [1.82, 2.24) is 9.97 Å². The summed E-state index contributed by atoms with van der Waals surface area (Å²) in [4.78, 5) is 25.0. The van der Waals surface area contributed by atoms with Crippen molar-refractivity contribution in [2.45, 2.75) is 44.6 Å². The number of nitrogens with one attached hydrogen (secondary N) is 1. The molecule has 4 saturated carbocycles. The van der Waals surface area contributed by atoms with Crippen molar-refractivity contribution in [1.29, 1.82) is 0 Å². The molecule has 2 unspecified atom stereocenters. The molecule has 0 radical (unpaired) electrons. The first kappa shape index (κ1) is 18.3. The van der Waals surface area contributed by atoms with E-state index in [0.717, 1.165) is 34.7 Å². The van der Waals surface area contributed by atoms with Crippen LogP contribution in [0.4, 0.5) is 11.4 Å². The summed E-state index contributed by atoms with van der Waals surface area (Å²) in [5.74, 6) is 2.17. The molecule has 29 heavy (non-hydrogen) atoms. The van der Waals surface area contributed by atoms with E-state index in [4.69, 9.17) is 4.74 Å². The van der Waals surface area contributed by atoms with Crippen LogP contribution in [0.3, 0.4) is 0 Å². The Morgan fingerprint density at radius 1 is 1.24 bits per heavy atom. The van der Waals surface area contributed by atoms with Gasteiger partial charge in [-0.1, -0.05) is 0 Å². The molecule has 6 nitrogen and oxygen atoms in total. The lowest BCUT2D eigenvalue weighted by Crippen LogP contribution is -2.39. The molecule has 4 aliphatic rings. The molecule has 0 spiro atoms.